The van der Waals surface area contributed by atoms with E-state index in [1.165, 1.54) is 31.8 Å². The van der Waals surface area contributed by atoms with Crippen LogP contribution in [0.2, 0.25) is 0 Å². The van der Waals surface area contributed by atoms with Gasteiger partial charge in [0.05, 0.1) is 6.54 Å². The highest BCUT2D eigenvalue weighted by atomic mass is 19.1. The number of amides is 2. The molecule has 36 heavy (non-hydrogen) atoms. The van der Waals surface area contributed by atoms with Crippen LogP contribution in [0.15, 0.2) is 42.3 Å². The van der Waals surface area contributed by atoms with Crippen LogP contribution in [0.5, 0.6) is 5.75 Å². The van der Waals surface area contributed by atoms with E-state index in [4.69, 9.17) is 0 Å². The fourth-order valence-corrected chi connectivity index (χ4v) is 3.45. The standard InChI is InChI=1S/C23H27FN6O4.C2H4/c1-6-30-17(12-29(5)23(34)22(33)28(3)4)27-18(19(31)21(30)32)20-25-11-15(26-20)10-14-7-8-16(24)13(2)9-14;1-2/h7-9,11,31H,6,10,12H2,1-5H3,(H,25,26);1-2H2. The molecular formula is C25H31FN6O4. The summed E-state index contributed by atoms with van der Waals surface area (Å²) in [6.45, 7) is 9.45. The highest BCUT2D eigenvalue weighted by Gasteiger charge is 2.24. The number of aryl methyl sites for hydroxylation is 1. The van der Waals surface area contributed by atoms with Crippen LogP contribution in [0.1, 0.15) is 29.6 Å². The fraction of sp³-hybridized carbons (Fsp3) is 0.320. The van der Waals surface area contributed by atoms with Gasteiger partial charge in [-0.15, -0.1) is 13.2 Å². The van der Waals surface area contributed by atoms with Gasteiger partial charge < -0.3 is 19.9 Å². The second kappa shape index (κ2) is 11.9. The molecule has 0 aliphatic rings. The maximum atomic E-state index is 13.5. The third-order valence-electron chi connectivity index (χ3n) is 5.32. The Kier molecular flexibility index (Phi) is 9.25. The Balaban J connectivity index is 0.00000222. The number of likely N-dealkylation sites (N-methyl/N-ethyl adjacent to an activating group) is 2. The molecule has 0 aliphatic carbocycles. The molecule has 0 spiro atoms. The molecule has 2 amide bonds. The van der Waals surface area contributed by atoms with Crippen molar-refractivity contribution >= 4 is 11.8 Å². The number of aromatic amines is 1. The summed E-state index contributed by atoms with van der Waals surface area (Å²) in [6, 6.07) is 4.79. The molecule has 3 rings (SSSR count). The van der Waals surface area contributed by atoms with E-state index in [0.29, 0.717) is 17.7 Å². The Bertz CT molecular complexity index is 1310. The van der Waals surface area contributed by atoms with Crippen LogP contribution in [-0.4, -0.2) is 67.4 Å². The zero-order chi connectivity index (χ0) is 27.2. The van der Waals surface area contributed by atoms with Gasteiger partial charge in [0.25, 0.3) is 5.56 Å². The van der Waals surface area contributed by atoms with Gasteiger partial charge in [0.15, 0.2) is 11.5 Å². The molecule has 0 radical (unpaired) electrons. The van der Waals surface area contributed by atoms with Crippen LogP contribution in [0, 0.1) is 12.7 Å². The average molecular weight is 499 g/mol. The van der Waals surface area contributed by atoms with Crippen LogP contribution in [-0.2, 0) is 29.1 Å². The zero-order valence-electron chi connectivity index (χ0n) is 21.1. The van der Waals surface area contributed by atoms with Gasteiger partial charge in [-0.25, -0.2) is 14.4 Å². The number of aromatic nitrogens is 4. The van der Waals surface area contributed by atoms with E-state index < -0.39 is 23.1 Å². The number of nitrogens with one attached hydrogen (secondary N) is 1. The van der Waals surface area contributed by atoms with E-state index in [1.807, 2.05) is 0 Å². The van der Waals surface area contributed by atoms with Gasteiger partial charge >= 0.3 is 11.8 Å². The van der Waals surface area contributed by atoms with Crippen molar-refractivity contribution in [1.29, 1.82) is 0 Å². The Morgan fingerprint density at radius 1 is 1.19 bits per heavy atom. The lowest BCUT2D eigenvalue weighted by atomic mass is 10.1. The van der Waals surface area contributed by atoms with Crippen molar-refractivity contribution in [3.05, 3.63) is 76.4 Å². The van der Waals surface area contributed by atoms with Crippen molar-refractivity contribution in [3.63, 3.8) is 0 Å². The van der Waals surface area contributed by atoms with Crippen molar-refractivity contribution in [1.82, 2.24) is 29.3 Å². The molecule has 11 heteroatoms. The lowest BCUT2D eigenvalue weighted by Gasteiger charge is -2.20. The summed E-state index contributed by atoms with van der Waals surface area (Å²) in [7, 11) is 4.36. The smallest absolute Gasteiger partial charge is 0.312 e. The van der Waals surface area contributed by atoms with Crippen LogP contribution in [0.4, 0.5) is 4.39 Å². The average Bonchev–Trinajstić information content (AvgIpc) is 3.32. The van der Waals surface area contributed by atoms with Crippen molar-refractivity contribution in [3.8, 4) is 17.3 Å². The normalized spacial score (nSPS) is 10.4. The SMILES string of the molecule is C=C.CCn1c(CN(C)C(=O)C(=O)N(C)C)nc(-c2ncc(Cc3ccc(F)c(C)c3)[nH]2)c(O)c1=O. The Labute approximate surface area is 208 Å². The number of hydrogen-bond donors (Lipinski definition) is 2. The fourth-order valence-electron chi connectivity index (χ4n) is 3.45. The predicted octanol–water partition coefficient (Wildman–Crippen LogP) is 2.25. The van der Waals surface area contributed by atoms with Gasteiger partial charge in [0.2, 0.25) is 5.75 Å². The van der Waals surface area contributed by atoms with Crippen molar-refractivity contribution in [2.45, 2.75) is 33.4 Å². The molecule has 192 valence electrons. The number of aromatic hydroxyl groups is 1. The van der Waals surface area contributed by atoms with Gasteiger partial charge in [0.1, 0.15) is 11.6 Å². The summed E-state index contributed by atoms with van der Waals surface area (Å²) >= 11 is 0. The number of halogens is 1. The van der Waals surface area contributed by atoms with Crippen LogP contribution in [0.3, 0.4) is 0 Å². The van der Waals surface area contributed by atoms with Crippen molar-refractivity contribution < 1.29 is 19.1 Å². The molecule has 0 saturated heterocycles. The molecule has 2 N–H and O–H groups in total. The highest BCUT2D eigenvalue weighted by molar-refractivity contribution is 6.34. The quantitative estimate of drug-likeness (QED) is 0.397. The van der Waals surface area contributed by atoms with Crippen LogP contribution in [0.25, 0.3) is 11.5 Å². The summed E-state index contributed by atoms with van der Waals surface area (Å²) < 4.78 is 14.8. The summed E-state index contributed by atoms with van der Waals surface area (Å²) in [5.74, 6) is -1.98. The van der Waals surface area contributed by atoms with E-state index in [2.05, 4.69) is 28.1 Å². The van der Waals surface area contributed by atoms with E-state index in [-0.39, 0.29) is 36.2 Å². The molecule has 0 fully saturated rings. The molecule has 2 heterocycles. The van der Waals surface area contributed by atoms with Gasteiger partial charge in [-0.05, 0) is 31.0 Å². The molecule has 3 aromatic rings. The van der Waals surface area contributed by atoms with Crippen molar-refractivity contribution in [2.24, 2.45) is 0 Å². The Morgan fingerprint density at radius 3 is 2.44 bits per heavy atom. The molecule has 0 atom stereocenters. The van der Waals surface area contributed by atoms with Gasteiger partial charge in [-0.1, -0.05) is 12.1 Å². The number of rotatable bonds is 6. The van der Waals surface area contributed by atoms with E-state index in [9.17, 15) is 23.9 Å². The minimum atomic E-state index is -0.758. The lowest BCUT2D eigenvalue weighted by Crippen LogP contribution is -2.41. The Morgan fingerprint density at radius 2 is 1.86 bits per heavy atom. The van der Waals surface area contributed by atoms with Gasteiger partial charge in [0, 0.05) is 46.0 Å². The molecular weight excluding hydrogens is 467 g/mol. The van der Waals surface area contributed by atoms with E-state index in [1.54, 1.807) is 32.2 Å². The van der Waals surface area contributed by atoms with Gasteiger partial charge in [-0.3, -0.25) is 19.0 Å². The summed E-state index contributed by atoms with van der Waals surface area (Å²) in [5, 5.41) is 10.5. The maximum Gasteiger partial charge on any atom is 0.312 e. The number of nitrogens with zero attached hydrogens (tertiary/aromatic N) is 5. The van der Waals surface area contributed by atoms with E-state index in [0.717, 1.165) is 15.4 Å². The maximum absolute atomic E-state index is 13.5. The van der Waals surface area contributed by atoms with Crippen LogP contribution >= 0.6 is 0 Å². The number of carbonyl (C=O) groups excluding carboxylic acids is 2. The highest BCUT2D eigenvalue weighted by Crippen LogP contribution is 2.23. The monoisotopic (exact) mass is 498 g/mol. The minimum absolute atomic E-state index is 0.0639. The predicted molar refractivity (Wildman–Crippen MR) is 134 cm³/mol. The molecule has 1 aromatic carbocycles. The molecule has 2 aromatic heterocycles. The number of carbonyl (C=O) groups is 2. The van der Waals surface area contributed by atoms with E-state index >= 15 is 0 Å². The molecule has 0 bridgehead atoms. The molecule has 0 unspecified atom stereocenters. The summed E-state index contributed by atoms with van der Waals surface area (Å²) in [6.07, 6.45) is 1.98. The third-order valence-corrected chi connectivity index (χ3v) is 5.32. The first-order valence-electron chi connectivity index (χ1n) is 11.1. The first-order chi connectivity index (χ1) is 17.0. The summed E-state index contributed by atoms with van der Waals surface area (Å²) in [4.78, 5) is 51.1. The molecule has 0 saturated carbocycles. The summed E-state index contributed by atoms with van der Waals surface area (Å²) in [5.41, 5.74) is 1.31. The zero-order valence-corrected chi connectivity index (χ0v) is 21.1. The number of hydrogen-bond acceptors (Lipinski definition) is 6. The second-order valence-corrected chi connectivity index (χ2v) is 8.15. The Hall–Kier alpha value is -4.28. The third kappa shape index (κ3) is 6.04. The molecule has 0 aliphatic heterocycles. The lowest BCUT2D eigenvalue weighted by molar-refractivity contribution is -0.149. The first kappa shape index (κ1) is 28.0. The van der Waals surface area contributed by atoms with Gasteiger partial charge in [-0.2, -0.15) is 0 Å². The van der Waals surface area contributed by atoms with Crippen molar-refractivity contribution in [2.75, 3.05) is 21.1 Å². The first-order valence-corrected chi connectivity index (χ1v) is 11.1. The number of imidazole rings is 1. The number of benzene rings is 1. The largest absolute Gasteiger partial charge is 0.501 e. The van der Waals surface area contributed by atoms with Crippen LogP contribution < -0.4 is 5.56 Å². The molecule has 10 nitrogen and oxygen atoms in total. The number of H-pyrrole nitrogens is 1. The second-order valence-electron chi connectivity index (χ2n) is 8.15. The topological polar surface area (TPSA) is 124 Å². The minimum Gasteiger partial charge on any atom is -0.501 e.